The number of alkyl carbamates (subject to hydrolysis) is 1. The number of hydrogen-bond donors (Lipinski definition) is 3. The average Bonchev–Trinajstić information content (AvgIpc) is 2.74. The van der Waals surface area contributed by atoms with Crippen molar-refractivity contribution in [3.63, 3.8) is 0 Å². The fourth-order valence-electron chi connectivity index (χ4n) is 2.34. The quantitative estimate of drug-likeness (QED) is 0.737. The number of ether oxygens (including phenoxy) is 1. The van der Waals surface area contributed by atoms with Gasteiger partial charge in [-0.1, -0.05) is 12.8 Å². The van der Waals surface area contributed by atoms with Gasteiger partial charge in [-0.2, -0.15) is 0 Å². The Morgan fingerprint density at radius 2 is 1.67 bits per heavy atom. The number of nitrogens with one attached hydrogen (secondary N) is 2. The molecule has 1 rings (SSSR count). The molecule has 0 heterocycles. The molecular formula is C15H28N2O4. The normalized spacial score (nSPS) is 18.2. The van der Waals surface area contributed by atoms with Crippen LogP contribution in [0, 0.1) is 0 Å². The summed E-state index contributed by atoms with van der Waals surface area (Å²) in [5, 5.41) is 15.5. The predicted molar refractivity (Wildman–Crippen MR) is 79.9 cm³/mol. The van der Waals surface area contributed by atoms with Crippen molar-refractivity contribution in [1.29, 1.82) is 0 Å². The Morgan fingerprint density at radius 1 is 1.14 bits per heavy atom. The average molecular weight is 300 g/mol. The summed E-state index contributed by atoms with van der Waals surface area (Å²) >= 11 is 0. The van der Waals surface area contributed by atoms with E-state index >= 15 is 0 Å². The van der Waals surface area contributed by atoms with Crippen LogP contribution < -0.4 is 10.6 Å². The first kappa shape index (κ1) is 17.8. The standard InChI is InChI=1S/C15H28N2O4/c1-14(2,3)21-13(19)17-11(15(4,5)20)12(18)16-10-8-6-7-9-10/h10-11,20H,6-9H2,1-5H3,(H,16,18)(H,17,19). The summed E-state index contributed by atoms with van der Waals surface area (Å²) in [5.41, 5.74) is -2.03. The van der Waals surface area contributed by atoms with Crippen LogP contribution in [0.5, 0.6) is 0 Å². The van der Waals surface area contributed by atoms with Crippen molar-refractivity contribution in [3.8, 4) is 0 Å². The molecule has 6 heteroatoms. The molecule has 21 heavy (non-hydrogen) atoms. The van der Waals surface area contributed by atoms with E-state index in [0.717, 1.165) is 25.7 Å². The first-order chi connectivity index (χ1) is 9.49. The van der Waals surface area contributed by atoms with E-state index in [4.69, 9.17) is 4.74 Å². The van der Waals surface area contributed by atoms with E-state index in [-0.39, 0.29) is 11.9 Å². The zero-order valence-corrected chi connectivity index (χ0v) is 13.7. The van der Waals surface area contributed by atoms with E-state index in [9.17, 15) is 14.7 Å². The number of rotatable bonds is 4. The molecule has 1 fully saturated rings. The lowest BCUT2D eigenvalue weighted by Crippen LogP contribution is -2.59. The van der Waals surface area contributed by atoms with Gasteiger partial charge in [-0.25, -0.2) is 4.79 Å². The minimum atomic E-state index is -1.38. The molecule has 0 radical (unpaired) electrons. The van der Waals surface area contributed by atoms with Crippen molar-refractivity contribution in [2.45, 2.75) is 83.6 Å². The highest BCUT2D eigenvalue weighted by Crippen LogP contribution is 2.19. The second kappa shape index (κ2) is 6.64. The number of aliphatic hydroxyl groups is 1. The van der Waals surface area contributed by atoms with Crippen LogP contribution in [-0.2, 0) is 9.53 Å². The lowest BCUT2D eigenvalue weighted by atomic mass is 9.98. The minimum Gasteiger partial charge on any atom is -0.444 e. The number of amides is 2. The first-order valence-electron chi connectivity index (χ1n) is 7.51. The Labute approximate surface area is 126 Å². The Kier molecular flexibility index (Phi) is 5.61. The molecule has 0 spiro atoms. The Hall–Kier alpha value is -1.30. The minimum absolute atomic E-state index is 0.128. The van der Waals surface area contributed by atoms with Crippen molar-refractivity contribution in [2.24, 2.45) is 0 Å². The lowest BCUT2D eigenvalue weighted by molar-refractivity contribution is -0.129. The fraction of sp³-hybridized carbons (Fsp3) is 0.867. The summed E-state index contributed by atoms with van der Waals surface area (Å²) in [5.74, 6) is -0.375. The molecule has 2 amide bonds. The molecular weight excluding hydrogens is 272 g/mol. The third-order valence-electron chi connectivity index (χ3n) is 3.33. The third kappa shape index (κ3) is 6.33. The Balaban J connectivity index is 2.67. The molecule has 1 saturated carbocycles. The maximum Gasteiger partial charge on any atom is 0.408 e. The molecule has 0 aromatic carbocycles. The largest absolute Gasteiger partial charge is 0.444 e. The van der Waals surface area contributed by atoms with Gasteiger partial charge in [0.05, 0.1) is 5.60 Å². The molecule has 0 bridgehead atoms. The van der Waals surface area contributed by atoms with Gasteiger partial charge in [-0.15, -0.1) is 0 Å². The molecule has 122 valence electrons. The summed E-state index contributed by atoms with van der Waals surface area (Å²) in [6, 6.07) is -0.921. The number of carbonyl (C=O) groups excluding carboxylic acids is 2. The molecule has 1 aliphatic carbocycles. The van der Waals surface area contributed by atoms with Gasteiger partial charge in [0.25, 0.3) is 0 Å². The molecule has 3 N–H and O–H groups in total. The molecule has 0 aromatic heterocycles. The summed E-state index contributed by atoms with van der Waals surface area (Å²) < 4.78 is 5.14. The van der Waals surface area contributed by atoms with Crippen LogP contribution in [0.2, 0.25) is 0 Å². The zero-order chi connectivity index (χ0) is 16.3. The molecule has 1 atom stereocenters. The van der Waals surface area contributed by atoms with E-state index in [1.165, 1.54) is 13.8 Å². The Morgan fingerprint density at radius 3 is 2.10 bits per heavy atom. The van der Waals surface area contributed by atoms with E-state index in [0.29, 0.717) is 0 Å². The molecule has 0 aliphatic heterocycles. The van der Waals surface area contributed by atoms with Gasteiger partial charge in [0.2, 0.25) is 5.91 Å². The zero-order valence-electron chi connectivity index (χ0n) is 13.7. The summed E-state index contributed by atoms with van der Waals surface area (Å²) in [7, 11) is 0. The summed E-state index contributed by atoms with van der Waals surface area (Å²) in [6.45, 7) is 8.20. The van der Waals surface area contributed by atoms with Crippen LogP contribution in [-0.4, -0.2) is 40.4 Å². The second-order valence-electron chi connectivity index (χ2n) is 7.22. The SMILES string of the molecule is CC(C)(C)OC(=O)NC(C(=O)NC1CCCC1)C(C)(C)O. The highest BCUT2D eigenvalue weighted by atomic mass is 16.6. The van der Waals surface area contributed by atoms with Crippen LogP contribution in [0.4, 0.5) is 4.79 Å². The van der Waals surface area contributed by atoms with E-state index < -0.39 is 23.3 Å². The molecule has 1 unspecified atom stereocenters. The fourth-order valence-corrected chi connectivity index (χ4v) is 2.34. The smallest absolute Gasteiger partial charge is 0.408 e. The summed E-state index contributed by atoms with van der Waals surface area (Å²) in [6.07, 6.45) is 3.36. The molecule has 0 saturated heterocycles. The van der Waals surface area contributed by atoms with Gasteiger partial charge in [0.15, 0.2) is 0 Å². The monoisotopic (exact) mass is 300 g/mol. The summed E-state index contributed by atoms with van der Waals surface area (Å²) in [4.78, 5) is 24.1. The van der Waals surface area contributed by atoms with Gasteiger partial charge in [0.1, 0.15) is 11.6 Å². The highest BCUT2D eigenvalue weighted by molar-refractivity contribution is 5.87. The van der Waals surface area contributed by atoms with Crippen molar-refractivity contribution in [2.75, 3.05) is 0 Å². The van der Waals surface area contributed by atoms with Gasteiger partial charge in [0, 0.05) is 6.04 Å². The van der Waals surface area contributed by atoms with Gasteiger partial charge in [-0.3, -0.25) is 4.79 Å². The van der Waals surface area contributed by atoms with Crippen molar-refractivity contribution < 1.29 is 19.4 Å². The van der Waals surface area contributed by atoms with Gasteiger partial charge in [-0.05, 0) is 47.5 Å². The van der Waals surface area contributed by atoms with Crippen LogP contribution >= 0.6 is 0 Å². The van der Waals surface area contributed by atoms with Crippen molar-refractivity contribution in [1.82, 2.24) is 10.6 Å². The van der Waals surface area contributed by atoms with E-state index in [1.54, 1.807) is 20.8 Å². The maximum atomic E-state index is 12.3. The second-order valence-corrected chi connectivity index (χ2v) is 7.22. The number of carbonyl (C=O) groups is 2. The number of hydrogen-bond acceptors (Lipinski definition) is 4. The first-order valence-corrected chi connectivity index (χ1v) is 7.51. The van der Waals surface area contributed by atoms with Gasteiger partial charge < -0.3 is 20.5 Å². The van der Waals surface area contributed by atoms with E-state index in [1.807, 2.05) is 0 Å². The maximum absolute atomic E-state index is 12.3. The molecule has 0 aromatic rings. The molecule has 1 aliphatic rings. The van der Waals surface area contributed by atoms with E-state index in [2.05, 4.69) is 10.6 Å². The van der Waals surface area contributed by atoms with Crippen molar-refractivity contribution >= 4 is 12.0 Å². The Bertz CT molecular complexity index is 376. The van der Waals surface area contributed by atoms with Crippen molar-refractivity contribution in [3.05, 3.63) is 0 Å². The van der Waals surface area contributed by atoms with Crippen LogP contribution in [0.1, 0.15) is 60.3 Å². The topological polar surface area (TPSA) is 87.7 Å². The van der Waals surface area contributed by atoms with Crippen LogP contribution in [0.25, 0.3) is 0 Å². The lowest BCUT2D eigenvalue weighted by Gasteiger charge is -2.31. The third-order valence-corrected chi connectivity index (χ3v) is 3.33. The van der Waals surface area contributed by atoms with Gasteiger partial charge >= 0.3 is 6.09 Å². The van der Waals surface area contributed by atoms with Crippen LogP contribution in [0.3, 0.4) is 0 Å². The highest BCUT2D eigenvalue weighted by Gasteiger charge is 2.37. The van der Waals surface area contributed by atoms with Crippen LogP contribution in [0.15, 0.2) is 0 Å². The predicted octanol–water partition coefficient (Wildman–Crippen LogP) is 1.71. The molecule has 6 nitrogen and oxygen atoms in total.